The standard InChI is InChI=1S/C18H27N5S2.HI/c1-4-15-14(2)25-16(21-15)7-8-20-18(19-3)23-11-9-22(10-12-23)17-6-5-13-24-17;/h5-6,13H,4,7-12H2,1-3H3,(H,19,20);1H. The molecule has 0 atom stereocenters. The number of piperazine rings is 1. The third-order valence-electron chi connectivity index (χ3n) is 4.50. The van der Waals surface area contributed by atoms with Crippen LogP contribution >= 0.6 is 46.7 Å². The summed E-state index contributed by atoms with van der Waals surface area (Å²) in [6.07, 6.45) is 1.98. The van der Waals surface area contributed by atoms with Gasteiger partial charge >= 0.3 is 0 Å². The van der Waals surface area contributed by atoms with Gasteiger partial charge in [0.25, 0.3) is 0 Å². The minimum absolute atomic E-state index is 0. The lowest BCUT2D eigenvalue weighted by Gasteiger charge is -2.37. The van der Waals surface area contributed by atoms with Crippen LogP contribution in [0.25, 0.3) is 0 Å². The lowest BCUT2D eigenvalue weighted by atomic mass is 10.3. The van der Waals surface area contributed by atoms with Crippen LogP contribution in [0.5, 0.6) is 0 Å². The number of thiazole rings is 1. The third-order valence-corrected chi connectivity index (χ3v) is 6.50. The van der Waals surface area contributed by atoms with Crippen LogP contribution in [-0.4, -0.2) is 55.6 Å². The smallest absolute Gasteiger partial charge is 0.193 e. The molecule has 3 heterocycles. The quantitative estimate of drug-likeness (QED) is 0.383. The molecule has 0 bridgehead atoms. The van der Waals surface area contributed by atoms with Gasteiger partial charge in [-0.3, -0.25) is 4.99 Å². The van der Waals surface area contributed by atoms with Gasteiger partial charge in [-0.05, 0) is 30.9 Å². The lowest BCUT2D eigenvalue weighted by molar-refractivity contribution is 0.374. The van der Waals surface area contributed by atoms with Crippen LogP contribution < -0.4 is 10.2 Å². The number of aryl methyl sites for hydroxylation is 2. The molecule has 1 fully saturated rings. The van der Waals surface area contributed by atoms with Gasteiger partial charge in [0.2, 0.25) is 0 Å². The third kappa shape index (κ3) is 5.32. The van der Waals surface area contributed by atoms with Gasteiger partial charge in [0.1, 0.15) is 0 Å². The van der Waals surface area contributed by atoms with Crippen LogP contribution in [0, 0.1) is 6.92 Å². The Morgan fingerprint density at radius 3 is 2.65 bits per heavy atom. The monoisotopic (exact) mass is 505 g/mol. The van der Waals surface area contributed by atoms with E-state index in [4.69, 9.17) is 4.98 Å². The van der Waals surface area contributed by atoms with Crippen molar-refractivity contribution in [3.63, 3.8) is 0 Å². The molecular weight excluding hydrogens is 477 g/mol. The van der Waals surface area contributed by atoms with E-state index < -0.39 is 0 Å². The Morgan fingerprint density at radius 2 is 2.08 bits per heavy atom. The molecule has 0 aliphatic carbocycles. The van der Waals surface area contributed by atoms with E-state index >= 15 is 0 Å². The summed E-state index contributed by atoms with van der Waals surface area (Å²) in [5, 5.41) is 8.25. The van der Waals surface area contributed by atoms with Gasteiger partial charge in [0.05, 0.1) is 15.7 Å². The summed E-state index contributed by atoms with van der Waals surface area (Å²) < 4.78 is 0. The second kappa shape index (κ2) is 10.5. The van der Waals surface area contributed by atoms with Crippen molar-refractivity contribution in [2.75, 3.05) is 44.7 Å². The molecule has 0 saturated carbocycles. The van der Waals surface area contributed by atoms with Gasteiger partial charge in [0.15, 0.2) is 5.96 Å². The Kier molecular flexibility index (Phi) is 8.62. The summed E-state index contributed by atoms with van der Waals surface area (Å²) >= 11 is 3.64. The van der Waals surface area contributed by atoms with Crippen molar-refractivity contribution in [2.45, 2.75) is 26.7 Å². The van der Waals surface area contributed by atoms with E-state index in [9.17, 15) is 0 Å². The number of guanidine groups is 1. The number of hydrogen-bond acceptors (Lipinski definition) is 5. The van der Waals surface area contributed by atoms with E-state index in [-0.39, 0.29) is 24.0 Å². The number of nitrogens with one attached hydrogen (secondary N) is 1. The van der Waals surface area contributed by atoms with Crippen molar-refractivity contribution in [1.29, 1.82) is 0 Å². The maximum atomic E-state index is 4.72. The molecule has 0 aromatic carbocycles. The largest absolute Gasteiger partial charge is 0.360 e. The number of halogens is 1. The molecular formula is C18H28IN5S2. The first-order chi connectivity index (χ1) is 12.2. The van der Waals surface area contributed by atoms with Crippen molar-refractivity contribution in [3.8, 4) is 0 Å². The number of anilines is 1. The Labute approximate surface area is 181 Å². The topological polar surface area (TPSA) is 43.8 Å². The molecule has 8 heteroatoms. The number of rotatable bonds is 5. The molecule has 1 N–H and O–H groups in total. The van der Waals surface area contributed by atoms with Crippen LogP contribution in [0.1, 0.15) is 22.5 Å². The summed E-state index contributed by atoms with van der Waals surface area (Å²) in [5.74, 6) is 1.01. The normalized spacial score (nSPS) is 15.1. The predicted octanol–water partition coefficient (Wildman–Crippen LogP) is 3.63. The molecule has 1 aliphatic heterocycles. The molecule has 3 rings (SSSR count). The number of aromatic nitrogens is 1. The first-order valence-corrected chi connectivity index (χ1v) is 10.6. The molecule has 1 aliphatic rings. The molecule has 0 unspecified atom stereocenters. The Hall–Kier alpha value is -0.870. The van der Waals surface area contributed by atoms with Gasteiger partial charge < -0.3 is 15.1 Å². The van der Waals surface area contributed by atoms with Crippen LogP contribution in [0.15, 0.2) is 22.5 Å². The highest BCUT2D eigenvalue weighted by atomic mass is 127. The van der Waals surface area contributed by atoms with Crippen molar-refractivity contribution in [1.82, 2.24) is 15.2 Å². The molecule has 0 radical (unpaired) electrons. The van der Waals surface area contributed by atoms with E-state index in [0.717, 1.165) is 51.5 Å². The van der Waals surface area contributed by atoms with Crippen LogP contribution in [-0.2, 0) is 12.8 Å². The fourth-order valence-electron chi connectivity index (χ4n) is 3.12. The van der Waals surface area contributed by atoms with Gasteiger partial charge in [-0.2, -0.15) is 0 Å². The average Bonchev–Trinajstić information content (AvgIpc) is 3.29. The Bertz CT molecular complexity index is 691. The highest BCUT2D eigenvalue weighted by Gasteiger charge is 2.20. The highest BCUT2D eigenvalue weighted by Crippen LogP contribution is 2.22. The zero-order valence-electron chi connectivity index (χ0n) is 15.7. The molecule has 144 valence electrons. The van der Waals surface area contributed by atoms with Gasteiger partial charge in [0, 0.05) is 51.1 Å². The van der Waals surface area contributed by atoms with Crippen LogP contribution in [0.4, 0.5) is 5.00 Å². The minimum atomic E-state index is 0. The second-order valence-electron chi connectivity index (χ2n) is 6.11. The molecule has 2 aromatic rings. The Morgan fingerprint density at radius 1 is 1.31 bits per heavy atom. The van der Waals surface area contributed by atoms with Crippen LogP contribution in [0.3, 0.4) is 0 Å². The van der Waals surface area contributed by atoms with E-state index in [0.29, 0.717) is 0 Å². The van der Waals surface area contributed by atoms with Gasteiger partial charge in [-0.1, -0.05) is 6.92 Å². The zero-order valence-corrected chi connectivity index (χ0v) is 19.7. The first kappa shape index (κ1) is 21.4. The van der Waals surface area contributed by atoms with Crippen molar-refractivity contribution < 1.29 is 0 Å². The van der Waals surface area contributed by atoms with Crippen LogP contribution in [0.2, 0.25) is 0 Å². The fraction of sp³-hybridized carbons (Fsp3) is 0.556. The van der Waals surface area contributed by atoms with E-state index in [1.165, 1.54) is 20.6 Å². The summed E-state index contributed by atoms with van der Waals surface area (Å²) in [6.45, 7) is 9.33. The average molecular weight is 505 g/mol. The van der Waals surface area contributed by atoms with Crippen molar-refractivity contribution >= 4 is 57.6 Å². The zero-order chi connectivity index (χ0) is 17.6. The summed E-state index contributed by atoms with van der Waals surface area (Å²) in [5.41, 5.74) is 1.24. The summed E-state index contributed by atoms with van der Waals surface area (Å²) in [4.78, 5) is 15.4. The molecule has 26 heavy (non-hydrogen) atoms. The molecule has 0 amide bonds. The first-order valence-electron chi connectivity index (χ1n) is 8.90. The number of hydrogen-bond donors (Lipinski definition) is 1. The number of aliphatic imine (C=N–C) groups is 1. The lowest BCUT2D eigenvalue weighted by Crippen LogP contribution is -2.52. The SMILES string of the molecule is CCc1nc(CCNC(=NC)N2CCN(c3cccs3)CC2)sc1C.I. The highest BCUT2D eigenvalue weighted by molar-refractivity contribution is 14.0. The summed E-state index contributed by atoms with van der Waals surface area (Å²) in [6, 6.07) is 4.32. The van der Waals surface area contributed by atoms with Crippen molar-refractivity contribution in [2.24, 2.45) is 4.99 Å². The molecule has 2 aromatic heterocycles. The van der Waals surface area contributed by atoms with E-state index in [1.54, 1.807) is 0 Å². The molecule has 1 saturated heterocycles. The molecule has 0 spiro atoms. The van der Waals surface area contributed by atoms with E-state index in [1.807, 2.05) is 29.7 Å². The van der Waals surface area contributed by atoms with Gasteiger partial charge in [-0.25, -0.2) is 4.98 Å². The molecule has 5 nitrogen and oxygen atoms in total. The fourth-order valence-corrected chi connectivity index (χ4v) is 4.93. The second-order valence-corrected chi connectivity index (χ2v) is 8.33. The maximum absolute atomic E-state index is 4.72. The summed E-state index contributed by atoms with van der Waals surface area (Å²) in [7, 11) is 1.87. The Balaban J connectivity index is 0.00000243. The minimum Gasteiger partial charge on any atom is -0.360 e. The number of nitrogens with zero attached hydrogens (tertiary/aromatic N) is 4. The number of thiophene rings is 1. The van der Waals surface area contributed by atoms with E-state index in [2.05, 4.69) is 51.5 Å². The van der Waals surface area contributed by atoms with Gasteiger partial charge in [-0.15, -0.1) is 46.7 Å². The van der Waals surface area contributed by atoms with Crippen molar-refractivity contribution in [3.05, 3.63) is 33.1 Å². The predicted molar refractivity (Wildman–Crippen MR) is 125 cm³/mol. The maximum Gasteiger partial charge on any atom is 0.193 e.